The van der Waals surface area contributed by atoms with Gasteiger partial charge in [-0.2, -0.15) is 4.31 Å². The first kappa shape index (κ1) is 30.7. The number of rotatable bonds is 11. The smallest absolute Gasteiger partial charge is 0.243 e. The SMILES string of the molecule is COc1ccc(S(=O)(=O)N(CCN2CCOCC2)CC(=O)Nc2nc(-c3ccc(Cl)cc3)cn2-c2cccc(C)c2)cc1. The molecule has 5 rings (SSSR count). The maximum Gasteiger partial charge on any atom is 0.243 e. The van der Waals surface area contributed by atoms with Crippen LogP contribution in [0.2, 0.25) is 5.02 Å². The van der Waals surface area contributed by atoms with Crippen LogP contribution in [0.4, 0.5) is 5.95 Å². The van der Waals surface area contributed by atoms with Crippen LogP contribution in [0, 0.1) is 6.92 Å². The molecular formula is C31H34ClN5O5S. The van der Waals surface area contributed by atoms with E-state index in [1.165, 1.54) is 23.5 Å². The fourth-order valence-electron chi connectivity index (χ4n) is 4.79. The number of halogens is 1. The molecule has 4 aromatic rings. The summed E-state index contributed by atoms with van der Waals surface area (Å²) in [6.45, 7) is 4.75. The highest BCUT2D eigenvalue weighted by molar-refractivity contribution is 7.89. The number of ether oxygens (including phenoxy) is 2. The third-order valence-corrected chi connectivity index (χ3v) is 9.27. The Kier molecular flexibility index (Phi) is 9.79. The lowest BCUT2D eigenvalue weighted by Crippen LogP contribution is -2.45. The number of aromatic nitrogens is 2. The number of imidazole rings is 1. The van der Waals surface area contributed by atoms with Gasteiger partial charge in [0.2, 0.25) is 21.9 Å². The van der Waals surface area contributed by atoms with Gasteiger partial charge in [-0.05, 0) is 61.0 Å². The van der Waals surface area contributed by atoms with Gasteiger partial charge in [0, 0.05) is 48.6 Å². The number of aryl methyl sites for hydroxylation is 1. The second-order valence-corrected chi connectivity index (χ2v) is 12.6. The highest BCUT2D eigenvalue weighted by Crippen LogP contribution is 2.26. The molecule has 1 N–H and O–H groups in total. The van der Waals surface area contributed by atoms with Crippen molar-refractivity contribution in [3.8, 4) is 22.7 Å². The molecule has 0 bridgehead atoms. The minimum Gasteiger partial charge on any atom is -0.497 e. The molecule has 0 atom stereocenters. The van der Waals surface area contributed by atoms with Crippen molar-refractivity contribution in [3.63, 3.8) is 0 Å². The standard InChI is InChI=1S/C31H34ClN5O5S/c1-23-4-3-5-26(20-23)37-21-29(24-6-8-25(32)9-7-24)33-31(37)34-30(38)22-36(15-14-35-16-18-42-19-17-35)43(39,40)28-12-10-27(41-2)11-13-28/h3-13,20-21H,14-19,22H2,1-2H3,(H,33,34,38). The van der Waals surface area contributed by atoms with Gasteiger partial charge in [-0.1, -0.05) is 35.9 Å². The summed E-state index contributed by atoms with van der Waals surface area (Å²) in [4.78, 5) is 20.5. The Morgan fingerprint density at radius 1 is 1.07 bits per heavy atom. The monoisotopic (exact) mass is 623 g/mol. The van der Waals surface area contributed by atoms with Crippen LogP contribution in [0.1, 0.15) is 5.56 Å². The molecule has 1 aliphatic heterocycles. The number of carbonyl (C=O) groups excluding carboxylic acids is 1. The van der Waals surface area contributed by atoms with Crippen LogP contribution < -0.4 is 10.1 Å². The normalized spacial score (nSPS) is 14.1. The fourth-order valence-corrected chi connectivity index (χ4v) is 6.30. The number of methoxy groups -OCH3 is 1. The van der Waals surface area contributed by atoms with Crippen molar-refractivity contribution < 1.29 is 22.7 Å². The number of morpholine rings is 1. The Morgan fingerprint density at radius 3 is 2.47 bits per heavy atom. The van der Waals surface area contributed by atoms with Crippen LogP contribution >= 0.6 is 11.6 Å². The van der Waals surface area contributed by atoms with E-state index in [4.69, 9.17) is 26.1 Å². The third kappa shape index (κ3) is 7.62. The van der Waals surface area contributed by atoms with Gasteiger partial charge in [-0.15, -0.1) is 0 Å². The highest BCUT2D eigenvalue weighted by atomic mass is 35.5. The average molecular weight is 624 g/mol. The van der Waals surface area contributed by atoms with E-state index in [-0.39, 0.29) is 17.4 Å². The number of hydrogen-bond acceptors (Lipinski definition) is 7. The Bertz CT molecular complexity index is 1650. The molecule has 0 spiro atoms. The van der Waals surface area contributed by atoms with E-state index >= 15 is 0 Å². The molecule has 1 aromatic heterocycles. The molecule has 10 nitrogen and oxygen atoms in total. The first-order chi connectivity index (χ1) is 20.7. The second-order valence-electron chi connectivity index (χ2n) is 10.2. The van der Waals surface area contributed by atoms with Crippen molar-refractivity contribution in [2.45, 2.75) is 11.8 Å². The van der Waals surface area contributed by atoms with E-state index in [9.17, 15) is 13.2 Å². The first-order valence-corrected chi connectivity index (χ1v) is 15.7. The van der Waals surface area contributed by atoms with Gasteiger partial charge in [0.1, 0.15) is 5.75 Å². The van der Waals surface area contributed by atoms with E-state index in [1.54, 1.807) is 28.8 Å². The number of benzene rings is 3. The minimum absolute atomic E-state index is 0.0781. The molecule has 1 fully saturated rings. The van der Waals surface area contributed by atoms with Gasteiger partial charge in [-0.25, -0.2) is 13.4 Å². The summed E-state index contributed by atoms with van der Waals surface area (Å²) in [5.41, 5.74) is 3.29. The molecule has 43 heavy (non-hydrogen) atoms. The average Bonchev–Trinajstić information content (AvgIpc) is 3.43. The molecular weight excluding hydrogens is 590 g/mol. The number of amides is 1. The van der Waals surface area contributed by atoms with Gasteiger partial charge in [0.25, 0.3) is 0 Å². The van der Waals surface area contributed by atoms with Crippen molar-refractivity contribution in [1.82, 2.24) is 18.8 Å². The van der Waals surface area contributed by atoms with E-state index in [0.717, 1.165) is 16.8 Å². The molecule has 3 aromatic carbocycles. The first-order valence-electron chi connectivity index (χ1n) is 13.9. The summed E-state index contributed by atoms with van der Waals surface area (Å²) < 4.78 is 41.1. The third-order valence-electron chi connectivity index (χ3n) is 7.16. The van der Waals surface area contributed by atoms with Crippen LogP contribution in [0.3, 0.4) is 0 Å². The van der Waals surface area contributed by atoms with E-state index in [1.807, 2.05) is 49.5 Å². The van der Waals surface area contributed by atoms with Crippen LogP contribution in [-0.4, -0.2) is 86.1 Å². The van der Waals surface area contributed by atoms with Crippen LogP contribution in [0.15, 0.2) is 83.9 Å². The lowest BCUT2D eigenvalue weighted by Gasteiger charge is -2.29. The number of carbonyl (C=O) groups is 1. The van der Waals surface area contributed by atoms with Crippen LogP contribution in [0.5, 0.6) is 5.75 Å². The highest BCUT2D eigenvalue weighted by Gasteiger charge is 2.28. The molecule has 12 heteroatoms. The number of sulfonamides is 1. The molecule has 0 saturated carbocycles. The van der Waals surface area contributed by atoms with Crippen molar-refractivity contribution in [2.24, 2.45) is 0 Å². The molecule has 2 heterocycles. The maximum absolute atomic E-state index is 13.8. The Morgan fingerprint density at radius 2 is 1.79 bits per heavy atom. The van der Waals surface area contributed by atoms with Crippen LogP contribution in [0.25, 0.3) is 16.9 Å². The fraction of sp³-hybridized carbons (Fsp3) is 0.290. The summed E-state index contributed by atoms with van der Waals surface area (Å²) in [5.74, 6) is 0.299. The minimum atomic E-state index is -4.00. The number of nitrogens with zero attached hydrogens (tertiary/aromatic N) is 4. The van der Waals surface area contributed by atoms with E-state index in [0.29, 0.717) is 49.3 Å². The van der Waals surface area contributed by atoms with Gasteiger partial charge < -0.3 is 9.47 Å². The predicted molar refractivity (Wildman–Crippen MR) is 166 cm³/mol. The predicted octanol–water partition coefficient (Wildman–Crippen LogP) is 4.47. The zero-order valence-corrected chi connectivity index (χ0v) is 25.6. The quantitative estimate of drug-likeness (QED) is 0.263. The van der Waals surface area contributed by atoms with Crippen molar-refractivity contribution in [1.29, 1.82) is 0 Å². The Balaban J connectivity index is 1.42. The zero-order chi connectivity index (χ0) is 30.4. The molecule has 1 saturated heterocycles. The molecule has 0 radical (unpaired) electrons. The maximum atomic E-state index is 13.8. The second kappa shape index (κ2) is 13.7. The molecule has 0 aliphatic carbocycles. The Labute approximate surface area is 256 Å². The number of nitrogens with one attached hydrogen (secondary N) is 1. The zero-order valence-electron chi connectivity index (χ0n) is 24.1. The number of hydrogen-bond donors (Lipinski definition) is 1. The van der Waals surface area contributed by atoms with Crippen molar-refractivity contribution in [2.75, 3.05) is 58.4 Å². The summed E-state index contributed by atoms with van der Waals surface area (Å²) in [6.07, 6.45) is 1.83. The van der Waals surface area contributed by atoms with Gasteiger partial charge >= 0.3 is 0 Å². The van der Waals surface area contributed by atoms with Crippen LogP contribution in [-0.2, 0) is 19.6 Å². The summed E-state index contributed by atoms with van der Waals surface area (Å²) in [6, 6.07) is 21.2. The molecule has 1 aliphatic rings. The van der Waals surface area contributed by atoms with Gasteiger partial charge in [0.15, 0.2) is 0 Å². The lowest BCUT2D eigenvalue weighted by atomic mass is 10.2. The molecule has 0 unspecified atom stereocenters. The van der Waals surface area contributed by atoms with Gasteiger partial charge in [-0.3, -0.25) is 19.6 Å². The molecule has 226 valence electrons. The number of anilines is 1. The largest absolute Gasteiger partial charge is 0.497 e. The summed E-state index contributed by atoms with van der Waals surface area (Å²) in [7, 11) is -2.49. The topological polar surface area (TPSA) is 106 Å². The summed E-state index contributed by atoms with van der Waals surface area (Å²) in [5, 5.41) is 3.47. The van der Waals surface area contributed by atoms with E-state index in [2.05, 4.69) is 10.2 Å². The van der Waals surface area contributed by atoms with Gasteiger partial charge in [0.05, 0.1) is 37.5 Å². The lowest BCUT2D eigenvalue weighted by molar-refractivity contribution is -0.116. The van der Waals surface area contributed by atoms with Crippen molar-refractivity contribution in [3.05, 3.63) is 89.6 Å². The van der Waals surface area contributed by atoms with E-state index < -0.39 is 22.5 Å². The van der Waals surface area contributed by atoms with Crippen molar-refractivity contribution >= 4 is 33.5 Å². The Hall–Kier alpha value is -3.74. The summed E-state index contributed by atoms with van der Waals surface area (Å²) >= 11 is 6.09. The molecule has 1 amide bonds.